The van der Waals surface area contributed by atoms with Crippen LogP contribution in [0.25, 0.3) is 21.5 Å². The third-order valence-corrected chi connectivity index (χ3v) is 13.9. The van der Waals surface area contributed by atoms with Gasteiger partial charge in [0.2, 0.25) is 11.8 Å². The average Bonchev–Trinajstić information content (AvgIpc) is 3.67. The van der Waals surface area contributed by atoms with E-state index in [0.717, 1.165) is 27.3 Å². The molecule has 4 aromatic carbocycles. The minimum Gasteiger partial charge on any atom is -0.409 e. The summed E-state index contributed by atoms with van der Waals surface area (Å²) in [5.74, 6) is 0.413. The summed E-state index contributed by atoms with van der Waals surface area (Å²) in [6.07, 6.45) is 1.07. The van der Waals surface area contributed by atoms with E-state index in [1.165, 1.54) is 11.0 Å². The van der Waals surface area contributed by atoms with Gasteiger partial charge in [0, 0.05) is 85.1 Å². The maximum atomic E-state index is 14.8. The molecule has 0 saturated heterocycles. The minimum atomic E-state index is -4.91. The first kappa shape index (κ1) is 35.8. The molecule has 3 N–H and O–H groups in total. The number of carbonyl (C=O) groups excluding carboxylic acids is 3. The molecule has 5 aliphatic rings. The van der Waals surface area contributed by atoms with Crippen LogP contribution in [0.5, 0.6) is 11.5 Å². The van der Waals surface area contributed by atoms with Gasteiger partial charge in [-0.1, -0.05) is 48.5 Å². The third-order valence-electron chi connectivity index (χ3n) is 12.8. The van der Waals surface area contributed by atoms with Crippen LogP contribution in [0.4, 0.5) is 16.2 Å². The Morgan fingerprint density at radius 1 is 0.833 bits per heavy atom. The molecule has 3 fully saturated rings. The molecule has 0 bridgehead atoms. The zero-order chi connectivity index (χ0) is 37.9. The van der Waals surface area contributed by atoms with Gasteiger partial charge in [0.25, 0.3) is 0 Å². The molecular weight excluding hydrogens is 754 g/mol. The number of amides is 3. The van der Waals surface area contributed by atoms with Gasteiger partial charge in [0.15, 0.2) is 0 Å². The van der Waals surface area contributed by atoms with E-state index < -0.39 is 30.2 Å². The van der Waals surface area contributed by atoms with Gasteiger partial charge >= 0.3 is 13.9 Å². The number of hydrogen-bond acceptors (Lipinski definition) is 7. The van der Waals surface area contributed by atoms with Crippen LogP contribution in [0, 0.1) is 16.2 Å². The maximum Gasteiger partial charge on any atom is 0.524 e. The van der Waals surface area contributed by atoms with Crippen molar-refractivity contribution in [1.29, 1.82) is 0 Å². The molecule has 3 amide bonds. The number of nitrogens with one attached hydrogen (secondary N) is 1. The van der Waals surface area contributed by atoms with Crippen molar-refractivity contribution in [3.8, 4) is 11.5 Å². The largest absolute Gasteiger partial charge is 0.524 e. The van der Waals surface area contributed by atoms with Gasteiger partial charge in [0.1, 0.15) is 11.5 Å². The first-order chi connectivity index (χ1) is 25.8. The molecule has 4 aromatic rings. The highest BCUT2D eigenvalue weighted by Gasteiger charge is 3.01. The van der Waals surface area contributed by atoms with Crippen LogP contribution in [-0.2, 0) is 14.2 Å². The number of alkyl halides is 2. The third kappa shape index (κ3) is 4.93. The molecular formula is C39H39Cl2N4O8P. The Morgan fingerprint density at radius 3 is 1.78 bits per heavy atom. The van der Waals surface area contributed by atoms with Crippen molar-refractivity contribution in [1.82, 2.24) is 10.2 Å². The van der Waals surface area contributed by atoms with Gasteiger partial charge in [0.05, 0.1) is 22.2 Å². The number of nitrogens with zero attached hydrogens (tertiary/aromatic N) is 3. The van der Waals surface area contributed by atoms with E-state index >= 15 is 0 Å². The summed E-state index contributed by atoms with van der Waals surface area (Å²) in [6.45, 7) is 1.75. The molecule has 0 radical (unpaired) electrons. The predicted molar refractivity (Wildman–Crippen MR) is 206 cm³/mol. The minimum absolute atomic E-state index is 0.0120. The van der Waals surface area contributed by atoms with Crippen LogP contribution in [0.15, 0.2) is 60.7 Å². The van der Waals surface area contributed by atoms with Crippen molar-refractivity contribution in [3.05, 3.63) is 71.8 Å². The highest BCUT2D eigenvalue weighted by molar-refractivity contribution is 7.46. The summed E-state index contributed by atoms with van der Waals surface area (Å²) in [7, 11) is -1.42. The SMILES string of the molecule is CNCCN(C)C(=O)Oc1cc2c(c3ccccc13)C(CCl)CN2C(=O)C12CC3(C(=O)N4CC(CCl)c5c4cc(OP(=O)(O)O)c4ccccc54)CC13C2. The van der Waals surface area contributed by atoms with Gasteiger partial charge in [-0.05, 0) is 48.2 Å². The average molecular weight is 794 g/mol. The normalized spacial score (nSPS) is 27.1. The van der Waals surface area contributed by atoms with Crippen molar-refractivity contribution >= 4 is 81.9 Å². The van der Waals surface area contributed by atoms with Gasteiger partial charge in [-0.3, -0.25) is 19.4 Å². The Bertz CT molecular complexity index is 2360. The molecule has 5 atom stereocenters. The van der Waals surface area contributed by atoms with Crippen LogP contribution < -0.4 is 24.4 Å². The molecule has 15 heteroatoms. The lowest BCUT2D eigenvalue weighted by Crippen LogP contribution is -2.49. The fourth-order valence-corrected chi connectivity index (χ4v) is 11.1. The summed E-state index contributed by atoms with van der Waals surface area (Å²) in [5, 5.41) is 5.91. The van der Waals surface area contributed by atoms with E-state index in [-0.39, 0.29) is 35.3 Å². The number of ether oxygens (including phenoxy) is 1. The summed E-state index contributed by atoms with van der Waals surface area (Å²) >= 11 is 13.1. The Kier molecular flexibility index (Phi) is 8.15. The summed E-state index contributed by atoms with van der Waals surface area (Å²) in [5.41, 5.74) is 1.12. The van der Waals surface area contributed by atoms with Gasteiger partial charge in [-0.15, -0.1) is 23.2 Å². The Morgan fingerprint density at radius 2 is 1.31 bits per heavy atom. The molecule has 3 saturated carbocycles. The number of hydrogen-bond donors (Lipinski definition) is 3. The number of rotatable bonds is 10. The highest BCUT2D eigenvalue weighted by atomic mass is 35.5. The molecule has 12 nitrogen and oxygen atoms in total. The molecule has 1 spiro atoms. The van der Waals surface area contributed by atoms with Gasteiger partial charge in [-0.2, -0.15) is 0 Å². The summed E-state index contributed by atoms with van der Waals surface area (Å²) < 4.78 is 23.1. The lowest BCUT2D eigenvalue weighted by molar-refractivity contribution is -0.134. The van der Waals surface area contributed by atoms with Crippen molar-refractivity contribution in [2.24, 2.45) is 16.2 Å². The quantitative estimate of drug-likeness (QED) is 0.124. The Labute approximate surface area is 321 Å². The number of anilines is 2. The van der Waals surface area contributed by atoms with Gasteiger partial charge < -0.3 is 29.3 Å². The van der Waals surface area contributed by atoms with Crippen molar-refractivity contribution in [3.63, 3.8) is 0 Å². The second-order valence-electron chi connectivity index (χ2n) is 15.5. The van der Waals surface area contributed by atoms with Crippen molar-refractivity contribution in [2.75, 3.05) is 61.8 Å². The van der Waals surface area contributed by atoms with Crippen LogP contribution in [-0.4, -0.2) is 84.6 Å². The number of halogens is 2. The van der Waals surface area contributed by atoms with Crippen molar-refractivity contribution in [2.45, 2.75) is 31.1 Å². The lowest BCUT2D eigenvalue weighted by Gasteiger charge is -2.37. The fourth-order valence-electron chi connectivity index (χ4n) is 10.2. The van der Waals surface area contributed by atoms with E-state index in [0.29, 0.717) is 73.8 Å². The van der Waals surface area contributed by atoms with E-state index in [9.17, 15) is 28.7 Å². The van der Waals surface area contributed by atoms with Crippen molar-refractivity contribution < 1.29 is 38.0 Å². The second-order valence-corrected chi connectivity index (χ2v) is 17.3. The number of fused-ring (bicyclic) bond motifs is 6. The summed E-state index contributed by atoms with van der Waals surface area (Å²) in [6, 6.07) is 18.2. The Balaban J connectivity index is 1.02. The molecule has 0 aromatic heterocycles. The lowest BCUT2D eigenvalue weighted by atomic mass is 9.72. The van der Waals surface area contributed by atoms with Crippen LogP contribution in [0.3, 0.4) is 0 Å². The highest BCUT2D eigenvalue weighted by Crippen LogP contribution is 3.01. The number of likely N-dealkylation sites (N-methyl/N-ethyl adjacent to an activating group) is 2. The number of carbonyl (C=O) groups is 3. The van der Waals surface area contributed by atoms with Crippen LogP contribution in [0.1, 0.15) is 42.2 Å². The standard InChI is InChI=1S/C39H39Cl2N4O8P/c1-42-11-12-43(2)36(48)52-30-13-28-32(26-9-5-3-7-24(26)30)22(15-40)17-44(28)34(46)37-19-38(21-39(37,38)20-37)35(47)45-18-23(16-41)33-27-10-6-4-8-25(27)31(14-29(33)45)53-54(49,50)51/h3-10,13-14,22-23,42H,11-12,15-21H2,1-2H3,(H2,49,50,51). The van der Waals surface area contributed by atoms with Crippen LogP contribution in [0.2, 0.25) is 0 Å². The number of benzene rings is 4. The predicted octanol–water partition coefficient (Wildman–Crippen LogP) is 6.32. The van der Waals surface area contributed by atoms with Crippen LogP contribution >= 0.6 is 31.0 Å². The zero-order valence-electron chi connectivity index (χ0n) is 29.7. The molecule has 2 heterocycles. The van der Waals surface area contributed by atoms with E-state index in [4.69, 9.17) is 32.5 Å². The smallest absolute Gasteiger partial charge is 0.409 e. The fraction of sp³-hybridized carbons (Fsp3) is 0.410. The first-order valence-electron chi connectivity index (χ1n) is 18.0. The van der Waals surface area contributed by atoms with E-state index in [1.54, 1.807) is 35.0 Å². The molecule has 282 valence electrons. The molecule has 2 aliphatic heterocycles. The zero-order valence-corrected chi connectivity index (χ0v) is 32.1. The monoisotopic (exact) mass is 792 g/mol. The Hall–Kier alpha value is -3.90. The first-order valence-corrected chi connectivity index (χ1v) is 20.6. The molecule has 3 aliphatic carbocycles. The second kappa shape index (κ2) is 12.3. The topological polar surface area (TPSA) is 149 Å². The summed E-state index contributed by atoms with van der Waals surface area (Å²) in [4.78, 5) is 67.0. The molecule has 5 unspecified atom stereocenters. The van der Waals surface area contributed by atoms with E-state index in [2.05, 4.69) is 5.32 Å². The van der Waals surface area contributed by atoms with E-state index in [1.807, 2.05) is 43.4 Å². The molecule has 9 rings (SSSR count). The van der Waals surface area contributed by atoms with Gasteiger partial charge in [-0.25, -0.2) is 9.36 Å². The molecule has 54 heavy (non-hydrogen) atoms. The number of phosphoric ester groups is 1. The number of phosphoric acid groups is 1. The maximum absolute atomic E-state index is 14.8.